The molecule has 1 aliphatic carbocycles. The molecule has 1 saturated heterocycles. The number of rotatable bonds is 3. The third-order valence-corrected chi connectivity index (χ3v) is 6.88. The average molecular weight is 408 g/mol. The number of allylic oxidation sites excluding steroid dienone is 2. The third kappa shape index (κ3) is 3.12. The van der Waals surface area contributed by atoms with Crippen molar-refractivity contribution >= 4 is 17.5 Å². The number of benzene rings is 3. The van der Waals surface area contributed by atoms with Crippen LogP contribution < -0.4 is 4.90 Å². The zero-order valence-electron chi connectivity index (χ0n) is 17.7. The molecule has 0 spiro atoms. The first-order valence-corrected chi connectivity index (χ1v) is 10.8. The summed E-state index contributed by atoms with van der Waals surface area (Å²) >= 11 is 0. The number of carbonyl (C=O) groups excluding carboxylic acids is 2. The van der Waals surface area contributed by atoms with Gasteiger partial charge in [0.1, 0.15) is 0 Å². The molecule has 0 bridgehead atoms. The summed E-state index contributed by atoms with van der Waals surface area (Å²) in [7, 11) is 0. The SMILES string of the molecule is Cc1cccc(N2C(=O)[C@@H]3[C@H](C2=O)[C@H](c2ccccc2)C=C[C@H]3c2ccccc2)c1C. The summed E-state index contributed by atoms with van der Waals surface area (Å²) in [6.45, 7) is 3.99. The van der Waals surface area contributed by atoms with Crippen LogP contribution in [0.3, 0.4) is 0 Å². The van der Waals surface area contributed by atoms with E-state index in [-0.39, 0.29) is 23.7 Å². The van der Waals surface area contributed by atoms with Crippen molar-refractivity contribution in [2.75, 3.05) is 4.90 Å². The summed E-state index contributed by atoms with van der Waals surface area (Å²) < 4.78 is 0. The van der Waals surface area contributed by atoms with Crippen LogP contribution in [-0.4, -0.2) is 11.8 Å². The highest BCUT2D eigenvalue weighted by Crippen LogP contribution is 2.50. The topological polar surface area (TPSA) is 37.4 Å². The first-order valence-electron chi connectivity index (χ1n) is 10.8. The van der Waals surface area contributed by atoms with E-state index in [4.69, 9.17) is 0 Å². The fourth-order valence-electron chi connectivity index (χ4n) is 5.15. The predicted molar refractivity (Wildman–Crippen MR) is 123 cm³/mol. The third-order valence-electron chi connectivity index (χ3n) is 6.88. The van der Waals surface area contributed by atoms with Crippen molar-refractivity contribution in [2.24, 2.45) is 11.8 Å². The van der Waals surface area contributed by atoms with Crippen LogP contribution in [0, 0.1) is 25.7 Å². The van der Waals surface area contributed by atoms with Gasteiger partial charge in [0, 0.05) is 11.8 Å². The van der Waals surface area contributed by atoms with Gasteiger partial charge < -0.3 is 0 Å². The number of carbonyl (C=O) groups is 2. The van der Waals surface area contributed by atoms with E-state index < -0.39 is 11.8 Å². The van der Waals surface area contributed by atoms with E-state index in [0.29, 0.717) is 5.69 Å². The van der Waals surface area contributed by atoms with Crippen LogP contribution in [0.1, 0.15) is 34.1 Å². The Labute approximate surface area is 183 Å². The molecule has 2 aliphatic rings. The van der Waals surface area contributed by atoms with E-state index >= 15 is 0 Å². The van der Waals surface area contributed by atoms with Gasteiger partial charge in [0.05, 0.1) is 17.5 Å². The van der Waals surface area contributed by atoms with Crippen molar-refractivity contribution in [1.82, 2.24) is 0 Å². The van der Waals surface area contributed by atoms with Gasteiger partial charge in [-0.25, -0.2) is 4.90 Å². The van der Waals surface area contributed by atoms with Gasteiger partial charge in [-0.1, -0.05) is 84.9 Å². The van der Waals surface area contributed by atoms with E-state index in [9.17, 15) is 9.59 Å². The molecule has 1 fully saturated rings. The maximum atomic E-state index is 13.8. The summed E-state index contributed by atoms with van der Waals surface area (Å²) in [5, 5.41) is 0. The number of imide groups is 1. The lowest BCUT2D eigenvalue weighted by Gasteiger charge is -2.32. The Kier molecular flexibility index (Phi) is 4.82. The van der Waals surface area contributed by atoms with Crippen LogP contribution in [0.4, 0.5) is 5.69 Å². The summed E-state index contributed by atoms with van der Waals surface area (Å²) in [5.41, 5.74) is 4.91. The van der Waals surface area contributed by atoms with Crippen molar-refractivity contribution in [3.8, 4) is 0 Å². The fourth-order valence-corrected chi connectivity index (χ4v) is 5.15. The molecule has 3 aromatic rings. The molecule has 0 radical (unpaired) electrons. The maximum absolute atomic E-state index is 13.8. The molecule has 0 aromatic heterocycles. The van der Waals surface area contributed by atoms with Gasteiger partial charge in [0.25, 0.3) is 0 Å². The van der Waals surface area contributed by atoms with Crippen LogP contribution in [0.5, 0.6) is 0 Å². The summed E-state index contributed by atoms with van der Waals surface area (Å²) in [6.07, 6.45) is 4.26. The molecule has 2 amide bonds. The Balaban J connectivity index is 1.65. The van der Waals surface area contributed by atoms with E-state index in [2.05, 4.69) is 12.2 Å². The van der Waals surface area contributed by atoms with Gasteiger partial charge in [-0.05, 0) is 42.2 Å². The summed E-state index contributed by atoms with van der Waals surface area (Å²) in [6, 6.07) is 25.9. The second-order valence-electron chi connectivity index (χ2n) is 8.54. The predicted octanol–water partition coefficient (Wildman–Crippen LogP) is 5.55. The molecule has 3 nitrogen and oxygen atoms in total. The number of hydrogen-bond acceptors (Lipinski definition) is 2. The first kappa shape index (κ1) is 19.5. The Bertz CT molecular complexity index is 1100. The number of hydrogen-bond donors (Lipinski definition) is 0. The molecule has 1 heterocycles. The highest BCUT2D eigenvalue weighted by molar-refractivity contribution is 6.23. The summed E-state index contributed by atoms with van der Waals surface area (Å²) in [4.78, 5) is 29.1. The Morgan fingerprint density at radius 2 is 1.10 bits per heavy atom. The normalized spacial score (nSPS) is 25.0. The van der Waals surface area contributed by atoms with Gasteiger partial charge >= 0.3 is 0 Å². The van der Waals surface area contributed by atoms with Gasteiger partial charge in [-0.2, -0.15) is 0 Å². The van der Waals surface area contributed by atoms with E-state index in [1.165, 1.54) is 4.90 Å². The van der Waals surface area contributed by atoms with Gasteiger partial charge in [-0.15, -0.1) is 0 Å². The van der Waals surface area contributed by atoms with Crippen molar-refractivity contribution in [1.29, 1.82) is 0 Å². The van der Waals surface area contributed by atoms with Gasteiger partial charge in [-0.3, -0.25) is 9.59 Å². The van der Waals surface area contributed by atoms with E-state index in [1.807, 2.05) is 92.7 Å². The van der Waals surface area contributed by atoms with Crippen LogP contribution in [0.15, 0.2) is 91.0 Å². The lowest BCUT2D eigenvalue weighted by Crippen LogP contribution is -2.32. The fraction of sp³-hybridized carbons (Fsp3) is 0.214. The largest absolute Gasteiger partial charge is 0.274 e. The average Bonchev–Trinajstić information content (AvgIpc) is 3.07. The lowest BCUT2D eigenvalue weighted by molar-refractivity contribution is -0.122. The zero-order valence-corrected chi connectivity index (χ0v) is 17.7. The second kappa shape index (κ2) is 7.66. The molecule has 31 heavy (non-hydrogen) atoms. The standard InChI is InChI=1S/C28H25NO2/c1-18-10-9-15-24(19(18)2)29-27(30)25-22(20-11-5-3-6-12-20)16-17-23(26(25)28(29)31)21-13-7-4-8-14-21/h3-17,22-23,25-26H,1-2H3/t22-,23-,25-,26+/m0/s1. The Hall–Kier alpha value is -3.46. The molecule has 0 saturated carbocycles. The molecule has 154 valence electrons. The molecule has 3 aromatic carbocycles. The zero-order chi connectivity index (χ0) is 21.5. The monoisotopic (exact) mass is 407 g/mol. The molecule has 0 unspecified atom stereocenters. The number of nitrogens with zero attached hydrogens (tertiary/aromatic N) is 1. The molecule has 4 atom stereocenters. The summed E-state index contributed by atoms with van der Waals surface area (Å²) in [5.74, 6) is -1.24. The highest BCUT2D eigenvalue weighted by Gasteiger charge is 2.55. The molecule has 0 N–H and O–H groups in total. The van der Waals surface area contributed by atoms with Crippen molar-refractivity contribution in [3.05, 3.63) is 113 Å². The minimum Gasteiger partial charge on any atom is -0.274 e. The molecule has 5 rings (SSSR count). The van der Waals surface area contributed by atoms with Crippen molar-refractivity contribution in [3.63, 3.8) is 0 Å². The second-order valence-corrected chi connectivity index (χ2v) is 8.54. The van der Waals surface area contributed by atoms with Crippen LogP contribution in [0.2, 0.25) is 0 Å². The van der Waals surface area contributed by atoms with Gasteiger partial charge in [0.2, 0.25) is 11.8 Å². The maximum Gasteiger partial charge on any atom is 0.238 e. The van der Waals surface area contributed by atoms with Crippen molar-refractivity contribution in [2.45, 2.75) is 25.7 Å². The molecular weight excluding hydrogens is 382 g/mol. The Morgan fingerprint density at radius 1 is 0.613 bits per heavy atom. The van der Waals surface area contributed by atoms with Crippen molar-refractivity contribution < 1.29 is 9.59 Å². The van der Waals surface area contributed by atoms with Crippen LogP contribution in [0.25, 0.3) is 0 Å². The minimum atomic E-state index is -0.412. The highest BCUT2D eigenvalue weighted by atomic mass is 16.2. The molecular formula is C28H25NO2. The minimum absolute atomic E-state index is 0.0946. The first-order chi connectivity index (χ1) is 15.1. The number of fused-ring (bicyclic) bond motifs is 1. The number of anilines is 1. The molecule has 3 heteroatoms. The smallest absolute Gasteiger partial charge is 0.238 e. The van der Waals surface area contributed by atoms with Crippen LogP contribution >= 0.6 is 0 Å². The van der Waals surface area contributed by atoms with Crippen LogP contribution in [-0.2, 0) is 9.59 Å². The lowest BCUT2D eigenvalue weighted by atomic mass is 9.68. The van der Waals surface area contributed by atoms with E-state index in [1.54, 1.807) is 0 Å². The number of aryl methyl sites for hydroxylation is 1. The quantitative estimate of drug-likeness (QED) is 0.422. The van der Waals surface area contributed by atoms with Gasteiger partial charge in [0.15, 0.2) is 0 Å². The van der Waals surface area contributed by atoms with E-state index in [0.717, 1.165) is 22.3 Å². The Morgan fingerprint density at radius 3 is 1.58 bits per heavy atom. The number of amides is 2. The molecule has 1 aliphatic heterocycles.